The number of carbonyl (C=O) groups is 2. The molecule has 0 aromatic heterocycles. The second-order valence-corrected chi connectivity index (χ2v) is 7.88. The van der Waals surface area contributed by atoms with Crippen molar-refractivity contribution < 1.29 is 23.8 Å². The number of aliphatic hydroxyl groups is 1. The van der Waals surface area contributed by atoms with Crippen molar-refractivity contribution in [3.05, 3.63) is 71.2 Å². The number of carbonyl (C=O) groups excluding carboxylic acids is 2. The van der Waals surface area contributed by atoms with Gasteiger partial charge in [-0.1, -0.05) is 30.3 Å². The van der Waals surface area contributed by atoms with Gasteiger partial charge < -0.3 is 14.7 Å². The Bertz CT molecular complexity index is 1020. The Morgan fingerprint density at radius 3 is 2.55 bits per heavy atom. The molecule has 2 aromatic carbocycles. The molecule has 2 aliphatic rings. The molecule has 2 aliphatic heterocycles. The van der Waals surface area contributed by atoms with Gasteiger partial charge in [0.15, 0.2) is 0 Å². The molecule has 1 unspecified atom stereocenters. The van der Waals surface area contributed by atoms with E-state index in [1.807, 2.05) is 23.1 Å². The maximum Gasteiger partial charge on any atom is 0.278 e. The van der Waals surface area contributed by atoms with Crippen LogP contribution in [0, 0.1) is 11.7 Å². The van der Waals surface area contributed by atoms with Crippen molar-refractivity contribution in [3.63, 3.8) is 0 Å². The van der Waals surface area contributed by atoms with Crippen LogP contribution in [-0.4, -0.2) is 53.5 Å². The van der Waals surface area contributed by atoms with Crippen LogP contribution < -0.4 is 4.74 Å². The molecule has 1 N–H and O–H groups in total. The summed E-state index contributed by atoms with van der Waals surface area (Å²) in [6, 6.07) is 12.9. The van der Waals surface area contributed by atoms with Gasteiger partial charge in [-0.05, 0) is 42.5 Å². The van der Waals surface area contributed by atoms with Crippen molar-refractivity contribution in [1.82, 2.24) is 9.80 Å². The fourth-order valence-electron chi connectivity index (χ4n) is 4.30. The number of nitrogens with zero attached hydrogens (tertiary/aromatic N) is 2. The minimum Gasteiger partial charge on any atom is -0.496 e. The van der Waals surface area contributed by atoms with Crippen LogP contribution >= 0.6 is 0 Å². The third-order valence-electron chi connectivity index (χ3n) is 5.89. The number of para-hydroxylation sites is 1. The highest BCUT2D eigenvalue weighted by Crippen LogP contribution is 2.35. The molecule has 0 bridgehead atoms. The topological polar surface area (TPSA) is 70.1 Å². The second-order valence-electron chi connectivity index (χ2n) is 7.88. The SMILES string of the molecule is COc1ccccc1CN1C(=O)C(c2ccc(F)cc2)=C(N2CCCC(CO)C2)C1=O. The van der Waals surface area contributed by atoms with E-state index in [0.29, 0.717) is 30.1 Å². The van der Waals surface area contributed by atoms with Gasteiger partial charge in [0.05, 0.1) is 19.2 Å². The lowest BCUT2D eigenvalue weighted by atomic mass is 9.97. The van der Waals surface area contributed by atoms with Crippen LogP contribution in [-0.2, 0) is 16.1 Å². The molecule has 1 saturated heterocycles. The summed E-state index contributed by atoms with van der Waals surface area (Å²) in [5.41, 5.74) is 1.82. The van der Waals surface area contributed by atoms with Crippen molar-refractivity contribution in [2.24, 2.45) is 5.92 Å². The minimum absolute atomic E-state index is 0.0305. The first kappa shape index (κ1) is 21.1. The van der Waals surface area contributed by atoms with E-state index in [1.54, 1.807) is 13.2 Å². The molecule has 0 radical (unpaired) electrons. The largest absolute Gasteiger partial charge is 0.496 e. The molecule has 162 valence electrons. The molecule has 0 spiro atoms. The van der Waals surface area contributed by atoms with Gasteiger partial charge in [0.1, 0.15) is 17.3 Å². The Morgan fingerprint density at radius 2 is 1.84 bits per heavy atom. The van der Waals surface area contributed by atoms with Gasteiger partial charge in [0.2, 0.25) is 0 Å². The van der Waals surface area contributed by atoms with E-state index in [4.69, 9.17) is 4.74 Å². The Balaban J connectivity index is 1.74. The summed E-state index contributed by atoms with van der Waals surface area (Å²) < 4.78 is 18.9. The standard InChI is InChI=1S/C24H25FN2O4/c1-31-20-7-3-2-6-18(20)14-27-23(29)21(17-8-10-19(25)11-9-17)22(24(27)30)26-12-4-5-16(13-26)15-28/h2-3,6-11,16,28H,4-5,12-15H2,1H3. The predicted octanol–water partition coefficient (Wildman–Crippen LogP) is 2.82. The van der Waals surface area contributed by atoms with Crippen LogP contribution in [0.5, 0.6) is 5.75 Å². The van der Waals surface area contributed by atoms with Crippen molar-refractivity contribution in [1.29, 1.82) is 0 Å². The number of imide groups is 1. The number of halogens is 1. The van der Waals surface area contributed by atoms with Gasteiger partial charge in [-0.15, -0.1) is 0 Å². The van der Waals surface area contributed by atoms with Crippen LogP contribution in [0.15, 0.2) is 54.2 Å². The number of ether oxygens (including phenoxy) is 1. The van der Waals surface area contributed by atoms with Crippen molar-refractivity contribution >= 4 is 17.4 Å². The number of hydrogen-bond donors (Lipinski definition) is 1. The average molecular weight is 424 g/mol. The van der Waals surface area contributed by atoms with Gasteiger partial charge in [0.25, 0.3) is 11.8 Å². The maximum atomic E-state index is 13.5. The molecule has 1 atom stereocenters. The summed E-state index contributed by atoms with van der Waals surface area (Å²) in [5.74, 6) is -0.565. The number of amides is 2. The number of methoxy groups -OCH3 is 1. The van der Waals surface area contributed by atoms with Crippen molar-refractivity contribution in [2.75, 3.05) is 26.8 Å². The zero-order valence-electron chi connectivity index (χ0n) is 17.4. The fraction of sp³-hybridized carbons (Fsp3) is 0.333. The summed E-state index contributed by atoms with van der Waals surface area (Å²) >= 11 is 0. The molecule has 0 saturated carbocycles. The molecule has 4 rings (SSSR count). The van der Waals surface area contributed by atoms with Crippen LogP contribution in [0.4, 0.5) is 4.39 Å². The van der Waals surface area contributed by atoms with Crippen LogP contribution in [0.3, 0.4) is 0 Å². The summed E-state index contributed by atoms with van der Waals surface area (Å²) in [7, 11) is 1.54. The van der Waals surface area contributed by atoms with Crippen molar-refractivity contribution in [2.45, 2.75) is 19.4 Å². The maximum absolute atomic E-state index is 13.5. The number of likely N-dealkylation sites (tertiary alicyclic amines) is 1. The van der Waals surface area contributed by atoms with Gasteiger partial charge in [0, 0.05) is 25.3 Å². The van der Waals surface area contributed by atoms with Crippen LogP contribution in [0.1, 0.15) is 24.0 Å². The monoisotopic (exact) mass is 424 g/mol. The van der Waals surface area contributed by atoms with E-state index in [1.165, 1.54) is 29.2 Å². The zero-order valence-corrected chi connectivity index (χ0v) is 17.4. The van der Waals surface area contributed by atoms with E-state index in [2.05, 4.69) is 0 Å². The lowest BCUT2D eigenvalue weighted by molar-refractivity contribution is -0.138. The Hall–Kier alpha value is -3.19. The molecule has 7 heteroatoms. The Kier molecular flexibility index (Phi) is 6.04. The molecule has 0 aliphatic carbocycles. The molecule has 6 nitrogen and oxygen atoms in total. The average Bonchev–Trinajstić information content (AvgIpc) is 3.04. The first-order valence-electron chi connectivity index (χ1n) is 10.4. The summed E-state index contributed by atoms with van der Waals surface area (Å²) in [5, 5.41) is 9.63. The van der Waals surface area contributed by atoms with E-state index in [9.17, 15) is 19.1 Å². The Labute approximate surface area is 180 Å². The zero-order chi connectivity index (χ0) is 22.0. The Morgan fingerprint density at radius 1 is 1.10 bits per heavy atom. The quantitative estimate of drug-likeness (QED) is 0.723. The van der Waals surface area contributed by atoms with E-state index in [-0.39, 0.29) is 30.5 Å². The highest BCUT2D eigenvalue weighted by molar-refractivity contribution is 6.35. The first-order valence-corrected chi connectivity index (χ1v) is 10.4. The molecule has 2 amide bonds. The van der Waals surface area contributed by atoms with E-state index < -0.39 is 11.7 Å². The summed E-state index contributed by atoms with van der Waals surface area (Å²) in [4.78, 5) is 30.1. The van der Waals surface area contributed by atoms with Gasteiger partial charge in [-0.2, -0.15) is 0 Å². The first-order chi connectivity index (χ1) is 15.0. The van der Waals surface area contributed by atoms with Gasteiger partial charge >= 0.3 is 0 Å². The fourth-order valence-corrected chi connectivity index (χ4v) is 4.30. The lowest BCUT2D eigenvalue weighted by Gasteiger charge is -2.34. The highest BCUT2D eigenvalue weighted by atomic mass is 19.1. The number of rotatable bonds is 6. The molecule has 2 heterocycles. The minimum atomic E-state index is -0.413. The third-order valence-corrected chi connectivity index (χ3v) is 5.89. The summed E-state index contributed by atoms with van der Waals surface area (Å²) in [6.45, 7) is 1.23. The second kappa shape index (κ2) is 8.89. The smallest absolute Gasteiger partial charge is 0.278 e. The molecule has 1 fully saturated rings. The number of aliphatic hydroxyl groups excluding tert-OH is 1. The van der Waals surface area contributed by atoms with Crippen LogP contribution in [0.25, 0.3) is 5.57 Å². The number of piperidine rings is 1. The van der Waals surface area contributed by atoms with E-state index >= 15 is 0 Å². The van der Waals surface area contributed by atoms with Crippen LogP contribution in [0.2, 0.25) is 0 Å². The number of benzene rings is 2. The number of hydrogen-bond acceptors (Lipinski definition) is 5. The molecular formula is C24H25FN2O4. The highest BCUT2D eigenvalue weighted by Gasteiger charge is 2.42. The lowest BCUT2D eigenvalue weighted by Crippen LogP contribution is -2.40. The summed E-state index contributed by atoms with van der Waals surface area (Å²) in [6.07, 6.45) is 1.69. The molecule has 31 heavy (non-hydrogen) atoms. The molecule has 2 aromatic rings. The van der Waals surface area contributed by atoms with Gasteiger partial charge in [-0.25, -0.2) is 4.39 Å². The van der Waals surface area contributed by atoms with Crippen molar-refractivity contribution in [3.8, 4) is 5.75 Å². The molecular weight excluding hydrogens is 399 g/mol. The normalized spacial score (nSPS) is 19.4. The third kappa shape index (κ3) is 4.05. The van der Waals surface area contributed by atoms with E-state index in [0.717, 1.165) is 18.4 Å². The predicted molar refractivity (Wildman–Crippen MR) is 113 cm³/mol. The van der Waals surface area contributed by atoms with Gasteiger partial charge in [-0.3, -0.25) is 14.5 Å².